The fraction of sp³-hybridized carbons (Fsp3) is 0.333. The van der Waals surface area contributed by atoms with Crippen LogP contribution in [0.2, 0.25) is 0 Å². The molecule has 0 fully saturated rings. The molecule has 1 aliphatic rings. The summed E-state index contributed by atoms with van der Waals surface area (Å²) >= 11 is 2.96. The molecule has 28 heavy (non-hydrogen) atoms. The van der Waals surface area contributed by atoms with E-state index in [-0.39, 0.29) is 17.7 Å². The van der Waals surface area contributed by atoms with Crippen LogP contribution in [0.4, 0.5) is 0 Å². The van der Waals surface area contributed by atoms with Crippen molar-refractivity contribution in [1.29, 1.82) is 0 Å². The Labute approximate surface area is 170 Å². The van der Waals surface area contributed by atoms with Gasteiger partial charge in [-0.3, -0.25) is 4.79 Å². The van der Waals surface area contributed by atoms with Crippen molar-refractivity contribution in [2.24, 2.45) is 5.10 Å². The average molecular weight is 418 g/mol. The standard InChI is InChI=1S/C18H19N5O3S2/c1-25-8-6-22-12-19-20-18(22)28-11-17(24)23-14(15-4-2-7-26-15)10-13(21-23)16-5-3-9-27-16/h2-5,7,9,12,14H,6,8,10-11H2,1H3. The summed E-state index contributed by atoms with van der Waals surface area (Å²) in [6, 6.07) is 7.48. The minimum atomic E-state index is -0.230. The second-order valence-electron chi connectivity index (χ2n) is 6.09. The Kier molecular flexibility index (Phi) is 5.89. The topological polar surface area (TPSA) is 85.8 Å². The van der Waals surface area contributed by atoms with Crippen LogP contribution in [0.1, 0.15) is 23.1 Å². The zero-order valence-corrected chi connectivity index (χ0v) is 16.9. The Morgan fingerprint density at radius 2 is 2.36 bits per heavy atom. The number of hydrazone groups is 1. The molecule has 8 nitrogen and oxygen atoms in total. The fourth-order valence-electron chi connectivity index (χ4n) is 2.93. The van der Waals surface area contributed by atoms with Crippen molar-refractivity contribution in [1.82, 2.24) is 19.8 Å². The van der Waals surface area contributed by atoms with Gasteiger partial charge in [0, 0.05) is 20.1 Å². The summed E-state index contributed by atoms with van der Waals surface area (Å²) in [6.07, 6.45) is 3.89. The molecule has 0 aliphatic carbocycles. The molecule has 4 rings (SSSR count). The van der Waals surface area contributed by atoms with Crippen LogP contribution in [0.5, 0.6) is 0 Å². The van der Waals surface area contributed by atoms with E-state index in [9.17, 15) is 4.79 Å². The number of thiophene rings is 1. The van der Waals surface area contributed by atoms with E-state index < -0.39 is 0 Å². The number of aromatic nitrogens is 3. The van der Waals surface area contributed by atoms with Crippen LogP contribution in [-0.4, -0.2) is 50.9 Å². The normalized spacial score (nSPS) is 16.5. The van der Waals surface area contributed by atoms with Gasteiger partial charge < -0.3 is 13.7 Å². The lowest BCUT2D eigenvalue weighted by Gasteiger charge is -2.19. The number of nitrogens with zero attached hydrogens (tertiary/aromatic N) is 5. The van der Waals surface area contributed by atoms with Crippen LogP contribution in [0.15, 0.2) is 56.9 Å². The number of hydrogen-bond donors (Lipinski definition) is 0. The van der Waals surface area contributed by atoms with Crippen molar-refractivity contribution >= 4 is 34.7 Å². The summed E-state index contributed by atoms with van der Waals surface area (Å²) in [5, 5.41) is 16.9. The van der Waals surface area contributed by atoms with Crippen LogP contribution < -0.4 is 0 Å². The molecule has 3 aromatic rings. The Bertz CT molecular complexity index is 937. The maximum Gasteiger partial charge on any atom is 0.253 e. The molecule has 0 aromatic carbocycles. The zero-order valence-electron chi connectivity index (χ0n) is 15.2. The second-order valence-corrected chi connectivity index (χ2v) is 7.98. The van der Waals surface area contributed by atoms with Crippen molar-refractivity contribution in [3.8, 4) is 0 Å². The van der Waals surface area contributed by atoms with E-state index >= 15 is 0 Å². The minimum Gasteiger partial charge on any atom is -0.467 e. The van der Waals surface area contributed by atoms with E-state index in [1.165, 1.54) is 16.8 Å². The van der Waals surface area contributed by atoms with Crippen LogP contribution in [0, 0.1) is 0 Å². The van der Waals surface area contributed by atoms with Gasteiger partial charge in [-0.05, 0) is 23.6 Å². The lowest BCUT2D eigenvalue weighted by atomic mass is 10.1. The highest BCUT2D eigenvalue weighted by molar-refractivity contribution is 7.99. The molecule has 10 heteroatoms. The molecule has 0 spiro atoms. The van der Waals surface area contributed by atoms with Crippen LogP contribution in [0.25, 0.3) is 0 Å². The molecule has 1 amide bonds. The zero-order chi connectivity index (χ0) is 19.3. The summed E-state index contributed by atoms with van der Waals surface area (Å²) in [5.74, 6) is 0.848. The third-order valence-corrected chi connectivity index (χ3v) is 6.17. The van der Waals surface area contributed by atoms with E-state index in [0.717, 1.165) is 16.3 Å². The summed E-state index contributed by atoms with van der Waals surface area (Å²) in [5.41, 5.74) is 0.901. The van der Waals surface area contributed by atoms with E-state index in [0.29, 0.717) is 24.7 Å². The maximum atomic E-state index is 13.0. The quantitative estimate of drug-likeness (QED) is 0.524. The molecule has 0 saturated carbocycles. The number of ether oxygens (including phenoxy) is 1. The van der Waals surface area contributed by atoms with Gasteiger partial charge in [-0.1, -0.05) is 17.8 Å². The molecule has 0 radical (unpaired) electrons. The van der Waals surface area contributed by atoms with E-state index in [1.54, 1.807) is 31.0 Å². The highest BCUT2D eigenvalue weighted by Crippen LogP contribution is 2.34. The lowest BCUT2D eigenvalue weighted by Crippen LogP contribution is -2.28. The first kappa shape index (κ1) is 18.9. The first-order chi connectivity index (χ1) is 13.8. The first-order valence-corrected chi connectivity index (χ1v) is 10.6. The van der Waals surface area contributed by atoms with Gasteiger partial charge in [-0.15, -0.1) is 21.5 Å². The predicted molar refractivity (Wildman–Crippen MR) is 106 cm³/mol. The van der Waals surface area contributed by atoms with E-state index in [2.05, 4.69) is 15.3 Å². The maximum absolute atomic E-state index is 13.0. The minimum absolute atomic E-state index is 0.0979. The van der Waals surface area contributed by atoms with Gasteiger partial charge in [-0.25, -0.2) is 5.01 Å². The summed E-state index contributed by atoms with van der Waals surface area (Å²) in [7, 11) is 1.64. The Morgan fingerprint density at radius 3 is 3.11 bits per heavy atom. The largest absolute Gasteiger partial charge is 0.467 e. The highest BCUT2D eigenvalue weighted by atomic mass is 32.2. The number of methoxy groups -OCH3 is 1. The molecule has 4 heterocycles. The van der Waals surface area contributed by atoms with E-state index in [4.69, 9.17) is 9.15 Å². The lowest BCUT2D eigenvalue weighted by molar-refractivity contribution is -0.130. The predicted octanol–water partition coefficient (Wildman–Crippen LogP) is 3.05. The average Bonchev–Trinajstić information content (AvgIpc) is 3.48. The SMILES string of the molecule is COCCn1cnnc1SCC(=O)N1N=C(c2cccs2)CC1c1ccco1. The highest BCUT2D eigenvalue weighted by Gasteiger charge is 2.35. The number of rotatable bonds is 8. The van der Waals surface area contributed by atoms with Crippen LogP contribution in [0.3, 0.4) is 0 Å². The fourth-order valence-corrected chi connectivity index (χ4v) is 4.44. The molecule has 1 atom stereocenters. The Balaban J connectivity index is 1.48. The third kappa shape index (κ3) is 4.03. The molecule has 3 aromatic heterocycles. The number of carbonyl (C=O) groups excluding carboxylic acids is 1. The first-order valence-electron chi connectivity index (χ1n) is 8.72. The Morgan fingerprint density at radius 1 is 1.43 bits per heavy atom. The molecule has 146 valence electrons. The van der Waals surface area contributed by atoms with Crippen molar-refractivity contribution < 1.29 is 13.9 Å². The van der Waals surface area contributed by atoms with Gasteiger partial charge in [0.1, 0.15) is 18.1 Å². The van der Waals surface area contributed by atoms with Gasteiger partial charge in [0.15, 0.2) is 5.16 Å². The summed E-state index contributed by atoms with van der Waals surface area (Å²) in [6.45, 7) is 1.19. The van der Waals surface area contributed by atoms with Crippen molar-refractivity contribution in [2.45, 2.75) is 24.2 Å². The summed E-state index contributed by atoms with van der Waals surface area (Å²) in [4.78, 5) is 14.0. The number of hydrogen-bond acceptors (Lipinski definition) is 8. The van der Waals surface area contributed by atoms with Crippen molar-refractivity contribution in [2.75, 3.05) is 19.5 Å². The molecule has 1 unspecified atom stereocenters. The van der Waals surface area contributed by atoms with Crippen molar-refractivity contribution in [3.63, 3.8) is 0 Å². The van der Waals surface area contributed by atoms with Crippen LogP contribution in [-0.2, 0) is 16.1 Å². The molecule has 1 aliphatic heterocycles. The second kappa shape index (κ2) is 8.72. The van der Waals surface area contributed by atoms with Crippen LogP contribution >= 0.6 is 23.1 Å². The van der Waals surface area contributed by atoms with E-state index in [1.807, 2.05) is 34.2 Å². The van der Waals surface area contributed by atoms with Gasteiger partial charge in [0.2, 0.25) is 0 Å². The van der Waals surface area contributed by atoms with Gasteiger partial charge in [0.25, 0.3) is 5.91 Å². The van der Waals surface area contributed by atoms with Gasteiger partial charge in [-0.2, -0.15) is 5.10 Å². The Hall–Kier alpha value is -2.43. The molecular formula is C18H19N5O3S2. The molecule has 0 bridgehead atoms. The molecular weight excluding hydrogens is 398 g/mol. The number of thioether (sulfide) groups is 1. The number of carbonyl (C=O) groups is 1. The van der Waals surface area contributed by atoms with Crippen molar-refractivity contribution in [3.05, 3.63) is 52.9 Å². The molecule has 0 N–H and O–H groups in total. The number of amides is 1. The number of furan rings is 1. The monoisotopic (exact) mass is 417 g/mol. The molecule has 0 saturated heterocycles. The summed E-state index contributed by atoms with van der Waals surface area (Å²) < 4.78 is 12.5. The van der Waals surface area contributed by atoms with Gasteiger partial charge >= 0.3 is 0 Å². The third-order valence-electron chi connectivity index (χ3n) is 4.28. The smallest absolute Gasteiger partial charge is 0.253 e. The van der Waals surface area contributed by atoms with Gasteiger partial charge in [0.05, 0.1) is 29.2 Å².